The van der Waals surface area contributed by atoms with Gasteiger partial charge in [-0.1, -0.05) is 35.9 Å². The normalized spacial score (nSPS) is 17.2. The lowest BCUT2D eigenvalue weighted by Gasteiger charge is -2.17. The van der Waals surface area contributed by atoms with Gasteiger partial charge in [-0.3, -0.25) is 10.1 Å². The summed E-state index contributed by atoms with van der Waals surface area (Å²) >= 11 is 5.83. The van der Waals surface area contributed by atoms with Crippen molar-refractivity contribution in [3.05, 3.63) is 64.7 Å². The smallest absolute Gasteiger partial charge is 0.411 e. The van der Waals surface area contributed by atoms with Gasteiger partial charge < -0.3 is 9.64 Å². The molecule has 5 nitrogen and oxygen atoms in total. The highest BCUT2D eigenvalue weighted by atomic mass is 35.5. The van der Waals surface area contributed by atoms with Gasteiger partial charge in [0.15, 0.2) is 0 Å². The Bertz CT molecular complexity index is 845. The first-order valence-electron chi connectivity index (χ1n) is 9.11. The lowest BCUT2D eigenvalue weighted by atomic mass is 10.1. The molecule has 1 saturated heterocycles. The number of ether oxygens (including phenoxy) is 1. The summed E-state index contributed by atoms with van der Waals surface area (Å²) in [6.07, 6.45) is 2.57. The van der Waals surface area contributed by atoms with Crippen molar-refractivity contribution in [2.75, 3.05) is 11.9 Å². The molecule has 1 aliphatic carbocycles. The fraction of sp³-hybridized carbons (Fsp3) is 0.333. The third kappa shape index (κ3) is 4.08. The monoisotopic (exact) mass is 384 g/mol. The van der Waals surface area contributed by atoms with E-state index >= 15 is 0 Å². The van der Waals surface area contributed by atoms with Crippen LogP contribution in [0.3, 0.4) is 0 Å². The van der Waals surface area contributed by atoms with Crippen LogP contribution in [0.1, 0.15) is 30.4 Å². The highest BCUT2D eigenvalue weighted by Gasteiger charge is 2.55. The van der Waals surface area contributed by atoms with Gasteiger partial charge in [-0.15, -0.1) is 0 Å². The first kappa shape index (κ1) is 17.9. The fourth-order valence-electron chi connectivity index (χ4n) is 3.46. The molecule has 140 valence electrons. The molecule has 0 bridgehead atoms. The van der Waals surface area contributed by atoms with E-state index in [1.54, 1.807) is 12.1 Å². The number of hydrogen-bond acceptors (Lipinski definition) is 3. The van der Waals surface area contributed by atoms with E-state index in [0.29, 0.717) is 23.2 Å². The van der Waals surface area contributed by atoms with Crippen molar-refractivity contribution in [2.45, 2.75) is 32.4 Å². The van der Waals surface area contributed by atoms with Gasteiger partial charge in [0.1, 0.15) is 6.61 Å². The molecule has 27 heavy (non-hydrogen) atoms. The Balaban J connectivity index is 1.26. The number of anilines is 1. The van der Waals surface area contributed by atoms with Crippen LogP contribution >= 0.6 is 11.6 Å². The number of carbonyl (C=O) groups excluding carboxylic acids is 2. The van der Waals surface area contributed by atoms with E-state index in [1.165, 1.54) is 0 Å². The van der Waals surface area contributed by atoms with Gasteiger partial charge in [-0.05, 0) is 54.7 Å². The third-order valence-electron chi connectivity index (χ3n) is 5.31. The summed E-state index contributed by atoms with van der Waals surface area (Å²) in [6.45, 7) is 1.65. The Kier molecular flexibility index (Phi) is 4.79. The van der Waals surface area contributed by atoms with E-state index in [9.17, 15) is 9.59 Å². The van der Waals surface area contributed by atoms with Crippen molar-refractivity contribution in [2.24, 2.45) is 5.41 Å². The molecule has 1 N–H and O–H groups in total. The Hall–Kier alpha value is -2.53. The maximum absolute atomic E-state index is 12.4. The van der Waals surface area contributed by atoms with Gasteiger partial charge in [0.05, 0.1) is 5.41 Å². The first-order valence-corrected chi connectivity index (χ1v) is 9.48. The van der Waals surface area contributed by atoms with E-state index in [4.69, 9.17) is 16.3 Å². The molecule has 0 unspecified atom stereocenters. The molecule has 1 saturated carbocycles. The van der Waals surface area contributed by atoms with E-state index in [-0.39, 0.29) is 12.0 Å². The number of halogens is 1. The zero-order valence-corrected chi connectivity index (χ0v) is 15.7. The van der Waals surface area contributed by atoms with Crippen LogP contribution in [0, 0.1) is 5.41 Å². The van der Waals surface area contributed by atoms with Gasteiger partial charge >= 0.3 is 6.09 Å². The standard InChI is InChI=1S/C21H21ClN2O3/c22-17-5-1-16(2-6-17)14-27-20(26)23-18-7-3-15(4-8-18)13-24-12-11-21(9-10-21)19(24)25/h1-8H,9-14H2,(H,23,26). The number of nitrogens with one attached hydrogen (secondary N) is 1. The summed E-state index contributed by atoms with van der Waals surface area (Å²) in [5.74, 6) is 0.301. The number of hydrogen-bond donors (Lipinski definition) is 1. The quantitative estimate of drug-likeness (QED) is 0.819. The molecule has 1 heterocycles. The van der Waals surface area contributed by atoms with Crippen molar-refractivity contribution in [3.63, 3.8) is 0 Å². The van der Waals surface area contributed by atoms with Gasteiger partial charge in [0.25, 0.3) is 0 Å². The van der Waals surface area contributed by atoms with Crippen LogP contribution in [0.15, 0.2) is 48.5 Å². The average molecular weight is 385 g/mol. The van der Waals surface area contributed by atoms with E-state index in [2.05, 4.69) is 5.32 Å². The van der Waals surface area contributed by atoms with Crippen LogP contribution in [0.5, 0.6) is 0 Å². The maximum Gasteiger partial charge on any atom is 0.411 e. The third-order valence-corrected chi connectivity index (χ3v) is 5.56. The SMILES string of the molecule is O=C(Nc1ccc(CN2CCC3(CC3)C2=O)cc1)OCc1ccc(Cl)cc1. The predicted molar refractivity (Wildman–Crippen MR) is 103 cm³/mol. The maximum atomic E-state index is 12.4. The highest BCUT2D eigenvalue weighted by molar-refractivity contribution is 6.30. The Morgan fingerprint density at radius 1 is 1.04 bits per heavy atom. The summed E-state index contributed by atoms with van der Waals surface area (Å²) in [4.78, 5) is 26.2. The highest BCUT2D eigenvalue weighted by Crippen LogP contribution is 2.53. The average Bonchev–Trinajstić information content (AvgIpc) is 3.40. The number of nitrogens with zero attached hydrogens (tertiary/aromatic N) is 1. The van der Waals surface area contributed by atoms with Crippen LogP contribution in [0.25, 0.3) is 0 Å². The lowest BCUT2D eigenvalue weighted by molar-refractivity contribution is -0.132. The summed E-state index contributed by atoms with van der Waals surface area (Å²) in [7, 11) is 0. The first-order chi connectivity index (χ1) is 13.0. The van der Waals surface area contributed by atoms with E-state index in [1.807, 2.05) is 41.3 Å². The fourth-order valence-corrected chi connectivity index (χ4v) is 3.58. The lowest BCUT2D eigenvalue weighted by Crippen LogP contribution is -2.27. The molecule has 2 aromatic carbocycles. The topological polar surface area (TPSA) is 58.6 Å². The zero-order valence-electron chi connectivity index (χ0n) is 14.9. The molecule has 0 atom stereocenters. The van der Waals surface area contributed by atoms with E-state index in [0.717, 1.165) is 36.9 Å². The van der Waals surface area contributed by atoms with Crippen LogP contribution in [0.2, 0.25) is 5.02 Å². The summed E-state index contributed by atoms with van der Waals surface area (Å²) in [5, 5.41) is 3.35. The van der Waals surface area contributed by atoms with Crippen molar-refractivity contribution >= 4 is 29.3 Å². The molecule has 2 aromatic rings. The van der Waals surface area contributed by atoms with Gasteiger partial charge in [0.2, 0.25) is 5.91 Å². The molecule has 1 spiro atoms. The van der Waals surface area contributed by atoms with Crippen LogP contribution < -0.4 is 5.32 Å². The van der Waals surface area contributed by atoms with E-state index < -0.39 is 6.09 Å². The minimum Gasteiger partial charge on any atom is -0.444 e. The summed E-state index contributed by atoms with van der Waals surface area (Å²) < 4.78 is 5.21. The number of rotatable bonds is 5. The van der Waals surface area contributed by atoms with Crippen molar-refractivity contribution in [1.29, 1.82) is 0 Å². The Labute approximate surface area is 163 Å². The number of carbonyl (C=O) groups is 2. The van der Waals surface area contributed by atoms with Crippen LogP contribution in [0.4, 0.5) is 10.5 Å². The summed E-state index contributed by atoms with van der Waals surface area (Å²) in [5.41, 5.74) is 2.57. The number of likely N-dealkylation sites (tertiary alicyclic amines) is 1. The zero-order chi connectivity index (χ0) is 18.9. The van der Waals surface area contributed by atoms with Crippen LogP contribution in [-0.2, 0) is 22.7 Å². The number of amides is 2. The Morgan fingerprint density at radius 2 is 1.70 bits per heavy atom. The molecular formula is C21H21ClN2O3. The minimum absolute atomic E-state index is 0.0185. The molecule has 2 fully saturated rings. The molecule has 6 heteroatoms. The Morgan fingerprint density at radius 3 is 2.33 bits per heavy atom. The molecule has 4 rings (SSSR count). The minimum atomic E-state index is -0.511. The molecular weight excluding hydrogens is 364 g/mol. The molecule has 2 amide bonds. The summed E-state index contributed by atoms with van der Waals surface area (Å²) in [6, 6.07) is 14.7. The molecule has 0 radical (unpaired) electrons. The second-order valence-corrected chi connectivity index (χ2v) is 7.72. The predicted octanol–water partition coefficient (Wildman–Crippen LogP) is 4.60. The largest absolute Gasteiger partial charge is 0.444 e. The van der Waals surface area contributed by atoms with Crippen molar-refractivity contribution in [1.82, 2.24) is 4.90 Å². The van der Waals surface area contributed by atoms with Gasteiger partial charge in [-0.2, -0.15) is 0 Å². The second-order valence-electron chi connectivity index (χ2n) is 7.28. The number of benzene rings is 2. The van der Waals surface area contributed by atoms with Gasteiger partial charge in [0, 0.05) is 23.8 Å². The molecule has 0 aromatic heterocycles. The van der Waals surface area contributed by atoms with Gasteiger partial charge in [-0.25, -0.2) is 4.79 Å². The second kappa shape index (κ2) is 7.24. The van der Waals surface area contributed by atoms with Crippen molar-refractivity contribution in [3.8, 4) is 0 Å². The van der Waals surface area contributed by atoms with Crippen LogP contribution in [-0.4, -0.2) is 23.4 Å². The molecule has 2 aliphatic rings. The molecule has 1 aliphatic heterocycles. The van der Waals surface area contributed by atoms with Crippen molar-refractivity contribution < 1.29 is 14.3 Å².